The standard InChI is InChI=1S/C24H31FN2O2/c1-18(14-21-4-3-5-22(25)15-21)24(28)26-16-19-10-12-27(13-11-19)17-20-6-8-23(29-2)9-7-20/h3-9,15,18-19H,10-14,16-17H2,1-2H3,(H,26,28). The van der Waals surface area contributed by atoms with Crippen LogP contribution >= 0.6 is 0 Å². The number of carbonyl (C=O) groups excluding carboxylic acids is 1. The van der Waals surface area contributed by atoms with Gasteiger partial charge in [-0.1, -0.05) is 31.2 Å². The molecule has 1 fully saturated rings. The van der Waals surface area contributed by atoms with Gasteiger partial charge in [-0.25, -0.2) is 4.39 Å². The van der Waals surface area contributed by atoms with Gasteiger partial charge in [-0.2, -0.15) is 0 Å². The molecule has 1 amide bonds. The van der Waals surface area contributed by atoms with Crippen LogP contribution in [0.25, 0.3) is 0 Å². The first-order valence-electron chi connectivity index (χ1n) is 10.4. The molecule has 1 aliphatic heterocycles. The van der Waals surface area contributed by atoms with E-state index < -0.39 is 0 Å². The van der Waals surface area contributed by atoms with Gasteiger partial charge in [0.25, 0.3) is 0 Å². The number of likely N-dealkylation sites (tertiary alicyclic amines) is 1. The summed E-state index contributed by atoms with van der Waals surface area (Å²) in [5, 5.41) is 3.10. The van der Waals surface area contributed by atoms with E-state index in [9.17, 15) is 9.18 Å². The third-order valence-electron chi connectivity index (χ3n) is 5.72. The normalized spacial score (nSPS) is 16.4. The highest BCUT2D eigenvalue weighted by Gasteiger charge is 2.21. The highest BCUT2D eigenvalue weighted by atomic mass is 19.1. The number of ether oxygens (including phenoxy) is 1. The van der Waals surface area contributed by atoms with Crippen LogP contribution < -0.4 is 10.1 Å². The van der Waals surface area contributed by atoms with Gasteiger partial charge in [-0.15, -0.1) is 0 Å². The monoisotopic (exact) mass is 398 g/mol. The van der Waals surface area contributed by atoms with Gasteiger partial charge in [0.05, 0.1) is 7.11 Å². The Hall–Kier alpha value is -2.40. The van der Waals surface area contributed by atoms with E-state index in [0.29, 0.717) is 12.3 Å². The van der Waals surface area contributed by atoms with E-state index in [4.69, 9.17) is 4.74 Å². The van der Waals surface area contributed by atoms with Crippen molar-refractivity contribution in [1.82, 2.24) is 10.2 Å². The van der Waals surface area contributed by atoms with E-state index in [1.54, 1.807) is 13.2 Å². The number of nitrogens with one attached hydrogen (secondary N) is 1. The molecule has 4 nitrogen and oxygen atoms in total. The van der Waals surface area contributed by atoms with Crippen molar-refractivity contribution in [3.8, 4) is 5.75 Å². The Morgan fingerprint density at radius 1 is 1.17 bits per heavy atom. The Morgan fingerprint density at radius 2 is 1.90 bits per heavy atom. The van der Waals surface area contributed by atoms with Gasteiger partial charge in [0, 0.05) is 19.0 Å². The number of halogens is 1. The van der Waals surface area contributed by atoms with Crippen molar-refractivity contribution in [3.63, 3.8) is 0 Å². The lowest BCUT2D eigenvalue weighted by atomic mass is 9.95. The molecule has 1 heterocycles. The fourth-order valence-electron chi connectivity index (χ4n) is 3.87. The maximum atomic E-state index is 13.3. The molecule has 0 bridgehead atoms. The molecule has 5 heteroatoms. The van der Waals surface area contributed by atoms with Crippen molar-refractivity contribution in [2.45, 2.75) is 32.7 Å². The molecule has 2 aromatic carbocycles. The van der Waals surface area contributed by atoms with Gasteiger partial charge in [0.1, 0.15) is 11.6 Å². The molecule has 1 N–H and O–H groups in total. The molecule has 1 unspecified atom stereocenters. The van der Waals surface area contributed by atoms with E-state index in [0.717, 1.165) is 50.3 Å². The smallest absolute Gasteiger partial charge is 0.223 e. The van der Waals surface area contributed by atoms with Crippen LogP contribution in [-0.4, -0.2) is 37.6 Å². The fraction of sp³-hybridized carbons (Fsp3) is 0.458. The molecule has 0 aliphatic carbocycles. The predicted molar refractivity (Wildman–Crippen MR) is 113 cm³/mol. The summed E-state index contributed by atoms with van der Waals surface area (Å²) >= 11 is 0. The number of amides is 1. The zero-order chi connectivity index (χ0) is 20.6. The minimum atomic E-state index is -0.253. The number of piperidine rings is 1. The zero-order valence-corrected chi connectivity index (χ0v) is 17.4. The summed E-state index contributed by atoms with van der Waals surface area (Å²) in [6.07, 6.45) is 2.74. The van der Waals surface area contributed by atoms with Gasteiger partial charge in [0.2, 0.25) is 5.91 Å². The topological polar surface area (TPSA) is 41.6 Å². The number of carbonyl (C=O) groups is 1. The van der Waals surface area contributed by atoms with Crippen molar-refractivity contribution in [1.29, 1.82) is 0 Å². The molecular formula is C24H31FN2O2. The molecule has 1 atom stereocenters. The second-order valence-electron chi connectivity index (χ2n) is 8.05. The summed E-state index contributed by atoms with van der Waals surface area (Å²) < 4.78 is 18.5. The second kappa shape index (κ2) is 10.4. The third kappa shape index (κ3) is 6.57. The van der Waals surface area contributed by atoms with Crippen molar-refractivity contribution in [2.75, 3.05) is 26.7 Å². The Bertz CT molecular complexity index is 786. The first-order chi connectivity index (χ1) is 14.0. The molecule has 0 radical (unpaired) electrons. The summed E-state index contributed by atoms with van der Waals surface area (Å²) in [7, 11) is 1.68. The van der Waals surface area contributed by atoms with E-state index in [-0.39, 0.29) is 17.6 Å². The minimum Gasteiger partial charge on any atom is -0.497 e. The van der Waals surface area contributed by atoms with Crippen LogP contribution in [0.3, 0.4) is 0 Å². The van der Waals surface area contributed by atoms with Gasteiger partial charge >= 0.3 is 0 Å². The lowest BCUT2D eigenvalue weighted by Crippen LogP contribution is -2.39. The van der Waals surface area contributed by atoms with E-state index in [1.807, 2.05) is 25.1 Å². The second-order valence-corrected chi connectivity index (χ2v) is 8.05. The summed E-state index contributed by atoms with van der Waals surface area (Å²) in [5.74, 6) is 1.04. The van der Waals surface area contributed by atoms with Crippen LogP contribution in [-0.2, 0) is 17.8 Å². The van der Waals surface area contributed by atoms with Crippen molar-refractivity contribution >= 4 is 5.91 Å². The Labute approximate surface area is 173 Å². The average molecular weight is 399 g/mol. The lowest BCUT2D eigenvalue weighted by Gasteiger charge is -2.32. The molecule has 0 spiro atoms. The largest absolute Gasteiger partial charge is 0.497 e. The van der Waals surface area contributed by atoms with Crippen LogP contribution in [0.2, 0.25) is 0 Å². The van der Waals surface area contributed by atoms with Crippen LogP contribution in [0, 0.1) is 17.7 Å². The summed E-state index contributed by atoms with van der Waals surface area (Å²) in [6.45, 7) is 5.67. The number of hydrogen-bond donors (Lipinski definition) is 1. The number of hydrogen-bond acceptors (Lipinski definition) is 3. The lowest BCUT2D eigenvalue weighted by molar-refractivity contribution is -0.124. The van der Waals surface area contributed by atoms with E-state index >= 15 is 0 Å². The summed E-state index contributed by atoms with van der Waals surface area (Å²) in [6, 6.07) is 14.7. The molecule has 2 aromatic rings. The maximum absolute atomic E-state index is 13.3. The summed E-state index contributed by atoms with van der Waals surface area (Å²) in [5.41, 5.74) is 2.16. The molecule has 29 heavy (non-hydrogen) atoms. The maximum Gasteiger partial charge on any atom is 0.223 e. The van der Waals surface area contributed by atoms with Gasteiger partial charge in [-0.05, 0) is 73.7 Å². The number of nitrogens with zero attached hydrogens (tertiary/aromatic N) is 1. The highest BCUT2D eigenvalue weighted by Crippen LogP contribution is 2.20. The number of rotatable bonds is 8. The van der Waals surface area contributed by atoms with Gasteiger partial charge < -0.3 is 10.1 Å². The van der Waals surface area contributed by atoms with Gasteiger partial charge in [0.15, 0.2) is 0 Å². The Balaban J connectivity index is 1.37. The minimum absolute atomic E-state index is 0.0509. The zero-order valence-electron chi connectivity index (χ0n) is 17.4. The third-order valence-corrected chi connectivity index (χ3v) is 5.72. The quantitative estimate of drug-likeness (QED) is 0.730. The molecular weight excluding hydrogens is 367 g/mol. The number of methoxy groups -OCH3 is 1. The van der Waals surface area contributed by atoms with Crippen LogP contribution in [0.1, 0.15) is 30.9 Å². The van der Waals surface area contributed by atoms with Crippen molar-refractivity contribution in [3.05, 3.63) is 65.5 Å². The SMILES string of the molecule is COc1ccc(CN2CCC(CNC(=O)C(C)Cc3cccc(F)c3)CC2)cc1. The van der Waals surface area contributed by atoms with Crippen LogP contribution in [0.4, 0.5) is 4.39 Å². The summed E-state index contributed by atoms with van der Waals surface area (Å²) in [4.78, 5) is 14.9. The molecule has 0 aromatic heterocycles. The van der Waals surface area contributed by atoms with E-state index in [1.165, 1.54) is 17.7 Å². The highest BCUT2D eigenvalue weighted by molar-refractivity contribution is 5.78. The van der Waals surface area contributed by atoms with Crippen LogP contribution in [0.5, 0.6) is 5.75 Å². The molecule has 1 aliphatic rings. The molecule has 3 rings (SSSR count). The molecule has 0 saturated carbocycles. The van der Waals surface area contributed by atoms with Crippen molar-refractivity contribution < 1.29 is 13.9 Å². The van der Waals surface area contributed by atoms with E-state index in [2.05, 4.69) is 22.3 Å². The Kier molecular flexibility index (Phi) is 7.64. The first kappa shape index (κ1) is 21.3. The van der Waals surface area contributed by atoms with Crippen LogP contribution in [0.15, 0.2) is 48.5 Å². The van der Waals surface area contributed by atoms with Gasteiger partial charge in [-0.3, -0.25) is 9.69 Å². The molecule has 156 valence electrons. The fourth-order valence-corrected chi connectivity index (χ4v) is 3.87. The number of benzene rings is 2. The average Bonchev–Trinajstić information content (AvgIpc) is 2.73. The molecule has 1 saturated heterocycles. The predicted octanol–water partition coefficient (Wildman–Crippen LogP) is 4.04. The van der Waals surface area contributed by atoms with Crippen molar-refractivity contribution in [2.24, 2.45) is 11.8 Å². The first-order valence-corrected chi connectivity index (χ1v) is 10.4. The Morgan fingerprint density at radius 3 is 2.55 bits per heavy atom.